The fourth-order valence-electron chi connectivity index (χ4n) is 2.45. The van der Waals surface area contributed by atoms with Crippen LogP contribution in [0.2, 0.25) is 0 Å². The molecule has 0 heterocycles. The van der Waals surface area contributed by atoms with E-state index in [1.807, 2.05) is 18.2 Å². The van der Waals surface area contributed by atoms with Crippen molar-refractivity contribution in [2.45, 2.75) is 26.2 Å². The van der Waals surface area contributed by atoms with Crippen molar-refractivity contribution in [1.82, 2.24) is 5.32 Å². The molecule has 0 fully saturated rings. The highest BCUT2D eigenvalue weighted by Gasteiger charge is 2.12. The van der Waals surface area contributed by atoms with Gasteiger partial charge in [-0.25, -0.2) is 0 Å². The van der Waals surface area contributed by atoms with E-state index >= 15 is 0 Å². The summed E-state index contributed by atoms with van der Waals surface area (Å²) >= 11 is 0. The second-order valence-corrected chi connectivity index (χ2v) is 5.48. The summed E-state index contributed by atoms with van der Waals surface area (Å²) in [4.78, 5) is 23.2. The number of benzene rings is 2. The summed E-state index contributed by atoms with van der Waals surface area (Å²) in [5, 5.41) is 5.66. The minimum absolute atomic E-state index is 0.103. The molecule has 2 aromatic carbocycles. The highest BCUT2D eigenvalue weighted by molar-refractivity contribution is 5.95. The van der Waals surface area contributed by atoms with Gasteiger partial charge in [-0.05, 0) is 36.2 Å². The molecule has 1 unspecified atom stereocenters. The van der Waals surface area contributed by atoms with Gasteiger partial charge in [0.25, 0.3) is 5.91 Å². The Bertz CT molecular complexity index is 651. The van der Waals surface area contributed by atoms with Gasteiger partial charge in [0, 0.05) is 30.6 Å². The van der Waals surface area contributed by atoms with E-state index in [-0.39, 0.29) is 11.8 Å². The van der Waals surface area contributed by atoms with Gasteiger partial charge in [-0.2, -0.15) is 0 Å². The van der Waals surface area contributed by atoms with E-state index in [1.165, 1.54) is 12.5 Å². The lowest BCUT2D eigenvalue weighted by atomic mass is 9.96. The van der Waals surface area contributed by atoms with E-state index < -0.39 is 0 Å². The number of amides is 2. The van der Waals surface area contributed by atoms with Gasteiger partial charge >= 0.3 is 0 Å². The maximum atomic E-state index is 12.2. The van der Waals surface area contributed by atoms with E-state index in [0.717, 1.165) is 6.42 Å². The van der Waals surface area contributed by atoms with E-state index in [2.05, 4.69) is 29.7 Å². The summed E-state index contributed by atoms with van der Waals surface area (Å²) in [6.45, 7) is 4.17. The van der Waals surface area contributed by atoms with Crippen molar-refractivity contribution in [1.29, 1.82) is 0 Å². The fraction of sp³-hybridized carbons (Fsp3) is 0.263. The minimum atomic E-state index is -0.129. The molecule has 2 rings (SSSR count). The predicted octanol–water partition coefficient (Wildman–Crippen LogP) is 3.57. The predicted molar refractivity (Wildman–Crippen MR) is 92.6 cm³/mol. The zero-order chi connectivity index (χ0) is 16.7. The smallest absolute Gasteiger partial charge is 0.251 e. The normalized spacial score (nSPS) is 11.6. The number of nitrogens with one attached hydrogen (secondary N) is 2. The van der Waals surface area contributed by atoms with Crippen LogP contribution >= 0.6 is 0 Å². The van der Waals surface area contributed by atoms with E-state index in [1.54, 1.807) is 24.3 Å². The highest BCUT2D eigenvalue weighted by atomic mass is 16.2. The first kappa shape index (κ1) is 16.7. The molecule has 2 aromatic rings. The van der Waals surface area contributed by atoms with Crippen molar-refractivity contribution in [3.8, 4) is 0 Å². The van der Waals surface area contributed by atoms with Crippen molar-refractivity contribution < 1.29 is 9.59 Å². The quantitative estimate of drug-likeness (QED) is 0.857. The maximum Gasteiger partial charge on any atom is 0.251 e. The molecule has 0 aliphatic heterocycles. The van der Waals surface area contributed by atoms with Crippen LogP contribution in [0.1, 0.15) is 42.1 Å². The van der Waals surface area contributed by atoms with Crippen LogP contribution in [0, 0.1) is 0 Å². The lowest BCUT2D eigenvalue weighted by molar-refractivity contribution is -0.114. The molecule has 4 heteroatoms. The zero-order valence-electron chi connectivity index (χ0n) is 13.5. The maximum absolute atomic E-state index is 12.2. The average molecular weight is 310 g/mol. The first-order chi connectivity index (χ1) is 11.1. The fourth-order valence-corrected chi connectivity index (χ4v) is 2.45. The molecule has 0 bridgehead atoms. The number of anilines is 1. The van der Waals surface area contributed by atoms with Crippen LogP contribution < -0.4 is 10.6 Å². The van der Waals surface area contributed by atoms with Crippen molar-refractivity contribution in [2.24, 2.45) is 0 Å². The van der Waals surface area contributed by atoms with Crippen LogP contribution in [0.3, 0.4) is 0 Å². The molecule has 4 nitrogen and oxygen atoms in total. The Morgan fingerprint density at radius 1 is 1.00 bits per heavy atom. The van der Waals surface area contributed by atoms with Crippen LogP contribution in [0.15, 0.2) is 54.6 Å². The van der Waals surface area contributed by atoms with Gasteiger partial charge in [0.1, 0.15) is 0 Å². The lowest BCUT2D eigenvalue weighted by Crippen LogP contribution is -2.28. The van der Waals surface area contributed by atoms with Gasteiger partial charge in [-0.15, -0.1) is 0 Å². The largest absolute Gasteiger partial charge is 0.351 e. The van der Waals surface area contributed by atoms with Crippen molar-refractivity contribution >= 4 is 17.5 Å². The molecule has 0 aliphatic carbocycles. The summed E-state index contributed by atoms with van der Waals surface area (Å²) in [6.07, 6.45) is 0.964. The monoisotopic (exact) mass is 310 g/mol. The minimum Gasteiger partial charge on any atom is -0.351 e. The molecule has 0 aliphatic rings. The van der Waals surface area contributed by atoms with Crippen molar-refractivity contribution in [2.75, 3.05) is 11.9 Å². The van der Waals surface area contributed by atoms with Gasteiger partial charge in [-0.3, -0.25) is 9.59 Å². The Morgan fingerprint density at radius 2 is 1.65 bits per heavy atom. The Kier molecular flexibility index (Phi) is 5.92. The lowest BCUT2D eigenvalue weighted by Gasteiger charge is -2.16. The SMILES string of the molecule is CCC(CNC(=O)c1ccc(NC(C)=O)cc1)c1ccccc1. The summed E-state index contributed by atoms with van der Waals surface area (Å²) < 4.78 is 0. The Hall–Kier alpha value is -2.62. The third-order valence-corrected chi connectivity index (χ3v) is 3.74. The van der Waals surface area contributed by atoms with Crippen LogP contribution in [-0.2, 0) is 4.79 Å². The van der Waals surface area contributed by atoms with Crippen LogP contribution in [0.4, 0.5) is 5.69 Å². The molecule has 2 amide bonds. The molecule has 23 heavy (non-hydrogen) atoms. The van der Waals surface area contributed by atoms with Gasteiger partial charge < -0.3 is 10.6 Å². The van der Waals surface area contributed by atoms with Crippen LogP contribution in [-0.4, -0.2) is 18.4 Å². The molecule has 0 aromatic heterocycles. The molecule has 2 N–H and O–H groups in total. The van der Waals surface area contributed by atoms with Crippen molar-refractivity contribution in [3.63, 3.8) is 0 Å². The molecular weight excluding hydrogens is 288 g/mol. The third kappa shape index (κ3) is 4.95. The number of carbonyl (C=O) groups excluding carboxylic acids is 2. The first-order valence-electron chi connectivity index (χ1n) is 7.81. The second-order valence-electron chi connectivity index (χ2n) is 5.48. The Labute approximate surface area is 136 Å². The molecule has 1 atom stereocenters. The Balaban J connectivity index is 1.94. The molecule has 120 valence electrons. The number of carbonyl (C=O) groups is 2. The summed E-state index contributed by atoms with van der Waals surface area (Å²) in [5.41, 5.74) is 2.50. The summed E-state index contributed by atoms with van der Waals surface area (Å²) in [5.74, 6) is 0.0726. The van der Waals surface area contributed by atoms with Crippen LogP contribution in [0.5, 0.6) is 0 Å². The highest BCUT2D eigenvalue weighted by Crippen LogP contribution is 2.18. The number of hydrogen-bond donors (Lipinski definition) is 2. The summed E-state index contributed by atoms with van der Waals surface area (Å²) in [6, 6.07) is 17.1. The number of hydrogen-bond acceptors (Lipinski definition) is 2. The third-order valence-electron chi connectivity index (χ3n) is 3.74. The van der Waals surface area contributed by atoms with Crippen LogP contribution in [0.25, 0.3) is 0 Å². The zero-order valence-corrected chi connectivity index (χ0v) is 13.5. The molecule has 0 spiro atoms. The second kappa shape index (κ2) is 8.13. The first-order valence-corrected chi connectivity index (χ1v) is 7.81. The van der Waals surface area contributed by atoms with E-state index in [0.29, 0.717) is 23.7 Å². The average Bonchev–Trinajstić information content (AvgIpc) is 2.56. The molecule has 0 radical (unpaired) electrons. The van der Waals surface area contributed by atoms with Gasteiger partial charge in [0.05, 0.1) is 0 Å². The van der Waals surface area contributed by atoms with E-state index in [4.69, 9.17) is 0 Å². The molecule has 0 saturated heterocycles. The van der Waals surface area contributed by atoms with E-state index in [9.17, 15) is 9.59 Å². The van der Waals surface area contributed by atoms with Gasteiger partial charge in [0.15, 0.2) is 0 Å². The number of rotatable bonds is 6. The summed E-state index contributed by atoms with van der Waals surface area (Å²) in [7, 11) is 0. The topological polar surface area (TPSA) is 58.2 Å². The standard InChI is InChI=1S/C19H22N2O2/c1-3-15(16-7-5-4-6-8-16)13-20-19(23)17-9-11-18(12-10-17)21-14(2)22/h4-12,15H,3,13H2,1-2H3,(H,20,23)(H,21,22). The molecular formula is C19H22N2O2. The molecule has 0 saturated carbocycles. The van der Waals surface area contributed by atoms with Gasteiger partial charge in [-0.1, -0.05) is 37.3 Å². The van der Waals surface area contributed by atoms with Crippen molar-refractivity contribution in [3.05, 3.63) is 65.7 Å². The Morgan fingerprint density at radius 3 is 2.22 bits per heavy atom. The van der Waals surface area contributed by atoms with Gasteiger partial charge in [0.2, 0.25) is 5.91 Å².